The molecule has 1 fully saturated rings. The lowest BCUT2D eigenvalue weighted by atomic mass is 10.0. The van der Waals surface area contributed by atoms with E-state index in [4.69, 9.17) is 4.74 Å². The maximum absolute atomic E-state index is 13.1. The third kappa shape index (κ3) is 2.45. The van der Waals surface area contributed by atoms with Gasteiger partial charge in [0, 0.05) is 23.1 Å². The van der Waals surface area contributed by atoms with Crippen LogP contribution >= 0.6 is 0 Å². The van der Waals surface area contributed by atoms with E-state index in [1.165, 1.54) is 0 Å². The van der Waals surface area contributed by atoms with Crippen molar-refractivity contribution < 1.29 is 9.53 Å². The molecule has 0 unspecified atom stereocenters. The zero-order chi connectivity index (χ0) is 18.5. The number of ketones is 1. The van der Waals surface area contributed by atoms with Gasteiger partial charge < -0.3 is 9.72 Å². The van der Waals surface area contributed by atoms with E-state index >= 15 is 0 Å². The molecule has 1 aliphatic carbocycles. The summed E-state index contributed by atoms with van der Waals surface area (Å²) in [4.78, 5) is 16.4. The number of H-pyrrole nitrogens is 1. The Labute approximate surface area is 154 Å². The third-order valence-corrected chi connectivity index (χ3v) is 6.46. The molecule has 0 bridgehead atoms. The Bertz CT molecular complexity index is 952. The maximum Gasteiger partial charge on any atom is 0.169 e. The van der Waals surface area contributed by atoms with Gasteiger partial charge in [-0.1, -0.05) is 70.2 Å². The number of nitrogens with one attached hydrogen (secondary N) is 1. The lowest BCUT2D eigenvalue weighted by Crippen LogP contribution is -2.06. The van der Waals surface area contributed by atoms with Gasteiger partial charge in [0.15, 0.2) is 5.78 Å². The predicted molar refractivity (Wildman–Crippen MR) is 104 cm³/mol. The van der Waals surface area contributed by atoms with Crippen molar-refractivity contribution in [3.8, 4) is 5.75 Å². The summed E-state index contributed by atoms with van der Waals surface area (Å²) in [6, 6.07) is 16.0. The Morgan fingerprint density at radius 3 is 2.35 bits per heavy atom. The molecule has 4 rings (SSSR count). The minimum atomic E-state index is 0.0368. The summed E-state index contributed by atoms with van der Waals surface area (Å²) in [6.07, 6.45) is 1.84. The van der Waals surface area contributed by atoms with E-state index in [-0.39, 0.29) is 22.5 Å². The predicted octanol–water partition coefficient (Wildman–Crippen LogP) is 5.61. The Morgan fingerprint density at radius 1 is 1.00 bits per heavy atom. The largest absolute Gasteiger partial charge is 0.487 e. The number of carbonyl (C=O) groups is 1. The summed E-state index contributed by atoms with van der Waals surface area (Å²) in [7, 11) is 0. The van der Waals surface area contributed by atoms with Crippen LogP contribution in [0.25, 0.3) is 10.9 Å². The van der Waals surface area contributed by atoms with E-state index in [0.29, 0.717) is 6.61 Å². The highest BCUT2D eigenvalue weighted by Crippen LogP contribution is 2.69. The van der Waals surface area contributed by atoms with E-state index in [2.05, 4.69) is 32.7 Å². The molecule has 3 heteroatoms. The molecule has 0 saturated heterocycles. The molecular weight excluding hydrogens is 322 g/mol. The molecule has 3 nitrogen and oxygen atoms in total. The van der Waals surface area contributed by atoms with Gasteiger partial charge in [-0.25, -0.2) is 0 Å². The zero-order valence-electron chi connectivity index (χ0n) is 15.8. The van der Waals surface area contributed by atoms with Crippen LogP contribution in [-0.2, 0) is 6.61 Å². The molecule has 1 aromatic heterocycles. The molecule has 0 spiro atoms. The summed E-state index contributed by atoms with van der Waals surface area (Å²) in [5, 5.41) is 0.944. The fraction of sp³-hybridized carbons (Fsp3) is 0.348. The zero-order valence-corrected chi connectivity index (χ0v) is 15.8. The SMILES string of the molecule is CC1(C)C(C(=O)c2c[nH]c3c(OCc4ccccc4)cccc23)C1(C)C. The van der Waals surface area contributed by atoms with Gasteiger partial charge in [-0.2, -0.15) is 0 Å². The van der Waals surface area contributed by atoms with Crippen LogP contribution in [0.5, 0.6) is 5.75 Å². The van der Waals surface area contributed by atoms with Crippen molar-refractivity contribution in [3.63, 3.8) is 0 Å². The first-order valence-corrected chi connectivity index (χ1v) is 9.15. The van der Waals surface area contributed by atoms with Crippen LogP contribution in [0.1, 0.15) is 43.6 Å². The number of ether oxygens (including phenoxy) is 1. The molecular formula is C23H25NO2. The highest BCUT2D eigenvalue weighted by molar-refractivity contribution is 6.11. The number of hydrogen-bond acceptors (Lipinski definition) is 2. The number of aromatic nitrogens is 1. The lowest BCUT2D eigenvalue weighted by Gasteiger charge is -2.08. The molecule has 0 radical (unpaired) electrons. The van der Waals surface area contributed by atoms with Gasteiger partial charge in [0.1, 0.15) is 12.4 Å². The van der Waals surface area contributed by atoms with Crippen LogP contribution in [0.2, 0.25) is 0 Å². The van der Waals surface area contributed by atoms with Gasteiger partial charge in [0.2, 0.25) is 0 Å². The quantitative estimate of drug-likeness (QED) is 0.609. The smallest absolute Gasteiger partial charge is 0.169 e. The number of aromatic amines is 1. The Kier molecular flexibility index (Phi) is 3.72. The van der Waals surface area contributed by atoms with Gasteiger partial charge in [0.05, 0.1) is 5.52 Å². The molecule has 0 amide bonds. The van der Waals surface area contributed by atoms with Crippen molar-refractivity contribution in [3.05, 3.63) is 65.9 Å². The summed E-state index contributed by atoms with van der Waals surface area (Å²) < 4.78 is 6.01. The fourth-order valence-corrected chi connectivity index (χ4v) is 4.19. The van der Waals surface area contributed by atoms with E-state index in [1.54, 1.807) is 0 Å². The van der Waals surface area contributed by atoms with Crippen molar-refractivity contribution in [1.29, 1.82) is 0 Å². The van der Waals surface area contributed by atoms with Gasteiger partial charge in [0.25, 0.3) is 0 Å². The molecule has 0 aliphatic heterocycles. The fourth-order valence-electron chi connectivity index (χ4n) is 4.19. The topological polar surface area (TPSA) is 42.1 Å². The van der Waals surface area contributed by atoms with Crippen molar-refractivity contribution in [1.82, 2.24) is 4.98 Å². The Morgan fingerprint density at radius 2 is 1.69 bits per heavy atom. The normalized spacial score (nSPS) is 18.0. The van der Waals surface area contributed by atoms with Crippen molar-refractivity contribution >= 4 is 16.7 Å². The molecule has 1 N–H and O–H groups in total. The number of para-hydroxylation sites is 1. The van der Waals surface area contributed by atoms with Crippen LogP contribution in [-0.4, -0.2) is 10.8 Å². The van der Waals surface area contributed by atoms with Crippen LogP contribution < -0.4 is 4.74 Å². The first kappa shape index (κ1) is 16.9. The van der Waals surface area contributed by atoms with Gasteiger partial charge >= 0.3 is 0 Å². The number of carbonyl (C=O) groups excluding carboxylic acids is 1. The average Bonchev–Trinajstić information content (AvgIpc) is 2.91. The van der Waals surface area contributed by atoms with E-state index < -0.39 is 0 Å². The average molecular weight is 347 g/mol. The Hall–Kier alpha value is -2.55. The number of rotatable bonds is 5. The highest BCUT2D eigenvalue weighted by Gasteiger charge is 2.68. The molecule has 1 aliphatic rings. The lowest BCUT2D eigenvalue weighted by molar-refractivity contribution is 0.0947. The molecule has 1 saturated carbocycles. The number of fused-ring (bicyclic) bond motifs is 1. The monoisotopic (exact) mass is 347 g/mol. The number of Topliss-reactive ketones (excluding diaryl/α,β-unsaturated/α-hetero) is 1. The Balaban J connectivity index is 1.63. The van der Waals surface area contributed by atoms with E-state index in [1.807, 2.05) is 54.7 Å². The van der Waals surface area contributed by atoms with Crippen molar-refractivity contribution in [2.24, 2.45) is 16.7 Å². The second-order valence-electron chi connectivity index (χ2n) is 8.40. The summed E-state index contributed by atoms with van der Waals surface area (Å²) in [5.41, 5.74) is 2.86. The molecule has 134 valence electrons. The first-order chi connectivity index (χ1) is 12.3. The van der Waals surface area contributed by atoms with Gasteiger partial charge in [-0.15, -0.1) is 0 Å². The van der Waals surface area contributed by atoms with Crippen LogP contribution in [0.15, 0.2) is 54.7 Å². The third-order valence-electron chi connectivity index (χ3n) is 6.46. The molecule has 3 aromatic rings. The standard InChI is InChI=1S/C23H25NO2/c1-22(2)21(23(22,3)4)20(25)17-13-24-19-16(17)11-8-12-18(19)26-14-15-9-6-5-7-10-15/h5-13,21,24H,14H2,1-4H3. The maximum atomic E-state index is 13.1. The minimum Gasteiger partial charge on any atom is -0.487 e. The first-order valence-electron chi connectivity index (χ1n) is 9.15. The second kappa shape index (κ2) is 5.73. The van der Waals surface area contributed by atoms with Gasteiger partial charge in [-0.3, -0.25) is 4.79 Å². The van der Waals surface area contributed by atoms with Crippen molar-refractivity contribution in [2.75, 3.05) is 0 Å². The second-order valence-corrected chi connectivity index (χ2v) is 8.40. The molecule has 2 aromatic carbocycles. The van der Waals surface area contributed by atoms with E-state index in [0.717, 1.165) is 27.8 Å². The summed E-state index contributed by atoms with van der Waals surface area (Å²) in [5.74, 6) is 1.06. The van der Waals surface area contributed by atoms with Crippen LogP contribution in [0.3, 0.4) is 0 Å². The summed E-state index contributed by atoms with van der Waals surface area (Å²) >= 11 is 0. The molecule has 0 atom stereocenters. The van der Waals surface area contributed by atoms with Crippen molar-refractivity contribution in [2.45, 2.75) is 34.3 Å². The summed E-state index contributed by atoms with van der Waals surface area (Å²) in [6.45, 7) is 9.22. The molecule has 26 heavy (non-hydrogen) atoms. The highest BCUT2D eigenvalue weighted by atomic mass is 16.5. The number of benzene rings is 2. The van der Waals surface area contributed by atoms with Crippen LogP contribution in [0.4, 0.5) is 0 Å². The van der Waals surface area contributed by atoms with Crippen LogP contribution in [0, 0.1) is 16.7 Å². The minimum absolute atomic E-state index is 0.0368. The van der Waals surface area contributed by atoms with E-state index in [9.17, 15) is 4.79 Å². The molecule has 1 heterocycles. The number of hydrogen-bond donors (Lipinski definition) is 1. The van der Waals surface area contributed by atoms with Gasteiger partial charge in [-0.05, 0) is 22.5 Å².